The van der Waals surface area contributed by atoms with Crippen molar-refractivity contribution in [3.63, 3.8) is 0 Å². The van der Waals surface area contributed by atoms with E-state index in [0.717, 1.165) is 25.9 Å². The summed E-state index contributed by atoms with van der Waals surface area (Å²) >= 11 is 0. The number of rotatable bonds is 5. The van der Waals surface area contributed by atoms with E-state index >= 15 is 0 Å². The Morgan fingerprint density at radius 1 is 1.38 bits per heavy atom. The van der Waals surface area contributed by atoms with Crippen molar-refractivity contribution >= 4 is 11.9 Å². The predicted octanol–water partition coefficient (Wildman–Crippen LogP) is 1.28. The summed E-state index contributed by atoms with van der Waals surface area (Å²) in [6, 6.07) is -0.271. The van der Waals surface area contributed by atoms with E-state index < -0.39 is 18.0 Å². The van der Waals surface area contributed by atoms with Crippen molar-refractivity contribution in [2.75, 3.05) is 19.8 Å². The Morgan fingerprint density at radius 2 is 2.14 bits per heavy atom. The quantitative estimate of drug-likeness (QED) is 0.827. The molecular weight excluding hydrogens is 274 g/mol. The Hall–Kier alpha value is -1.14. The molecular formula is C15H25NO5. The number of carboxylic acids is 1. The lowest BCUT2D eigenvalue weighted by Crippen LogP contribution is -2.44. The summed E-state index contributed by atoms with van der Waals surface area (Å²) < 4.78 is 11.2. The van der Waals surface area contributed by atoms with Gasteiger partial charge in [0, 0.05) is 19.2 Å². The van der Waals surface area contributed by atoms with Gasteiger partial charge in [-0.1, -0.05) is 0 Å². The monoisotopic (exact) mass is 299 g/mol. The zero-order valence-electron chi connectivity index (χ0n) is 12.8. The zero-order chi connectivity index (χ0) is 15.4. The first-order valence-corrected chi connectivity index (χ1v) is 7.77. The molecule has 0 bridgehead atoms. The predicted molar refractivity (Wildman–Crippen MR) is 75.9 cm³/mol. The molecule has 2 saturated heterocycles. The van der Waals surface area contributed by atoms with Crippen LogP contribution in [0.15, 0.2) is 0 Å². The molecule has 2 aliphatic heterocycles. The van der Waals surface area contributed by atoms with Gasteiger partial charge in [-0.25, -0.2) is 0 Å². The van der Waals surface area contributed by atoms with Crippen molar-refractivity contribution in [3.05, 3.63) is 0 Å². The highest BCUT2D eigenvalue weighted by Crippen LogP contribution is 2.25. The van der Waals surface area contributed by atoms with Crippen LogP contribution in [0.1, 0.15) is 39.5 Å². The Labute approximate surface area is 125 Å². The Balaban J connectivity index is 1.80. The summed E-state index contributed by atoms with van der Waals surface area (Å²) in [7, 11) is 0. The molecule has 0 aromatic heterocycles. The fraction of sp³-hybridized carbons (Fsp3) is 0.867. The van der Waals surface area contributed by atoms with Gasteiger partial charge in [-0.15, -0.1) is 0 Å². The van der Waals surface area contributed by atoms with E-state index in [2.05, 4.69) is 0 Å². The van der Waals surface area contributed by atoms with Gasteiger partial charge >= 0.3 is 5.97 Å². The number of aliphatic carboxylic acids is 1. The number of likely N-dealkylation sites (tertiary alicyclic amines) is 1. The summed E-state index contributed by atoms with van der Waals surface area (Å²) in [4.78, 5) is 25.1. The van der Waals surface area contributed by atoms with Crippen LogP contribution in [0, 0.1) is 5.92 Å². The first-order chi connectivity index (χ1) is 10.0. The lowest BCUT2D eigenvalue weighted by Gasteiger charge is -2.28. The Kier molecular flexibility index (Phi) is 5.58. The molecule has 0 aromatic rings. The van der Waals surface area contributed by atoms with Crippen molar-refractivity contribution in [1.82, 2.24) is 4.90 Å². The maximum atomic E-state index is 12.4. The Bertz CT molecular complexity index is 380. The van der Waals surface area contributed by atoms with Gasteiger partial charge in [-0.05, 0) is 39.5 Å². The molecule has 6 nitrogen and oxygen atoms in total. The van der Waals surface area contributed by atoms with E-state index in [4.69, 9.17) is 14.6 Å². The van der Waals surface area contributed by atoms with Gasteiger partial charge in [0.1, 0.15) is 6.10 Å². The minimum Gasteiger partial charge on any atom is -0.481 e. The lowest BCUT2D eigenvalue weighted by atomic mass is 10.0. The van der Waals surface area contributed by atoms with E-state index in [1.807, 2.05) is 0 Å². The molecule has 0 radical (unpaired) electrons. The summed E-state index contributed by atoms with van der Waals surface area (Å²) in [5.74, 6) is -1.42. The van der Waals surface area contributed by atoms with Crippen molar-refractivity contribution in [2.45, 2.75) is 57.8 Å². The number of hydrogen-bond acceptors (Lipinski definition) is 4. The number of carbonyl (C=O) groups is 2. The summed E-state index contributed by atoms with van der Waals surface area (Å²) in [5, 5.41) is 9.11. The molecule has 2 fully saturated rings. The second kappa shape index (κ2) is 7.22. The molecule has 4 unspecified atom stereocenters. The van der Waals surface area contributed by atoms with Crippen LogP contribution < -0.4 is 0 Å². The maximum Gasteiger partial charge on any atom is 0.308 e. The van der Waals surface area contributed by atoms with Gasteiger partial charge in [-0.3, -0.25) is 9.59 Å². The molecule has 2 aliphatic rings. The number of ether oxygens (including phenoxy) is 2. The number of nitrogens with zero attached hydrogens (tertiary/aromatic N) is 1. The first kappa shape index (κ1) is 16.2. The number of amides is 1. The molecule has 21 heavy (non-hydrogen) atoms. The fourth-order valence-corrected chi connectivity index (χ4v) is 3.08. The molecule has 120 valence electrons. The van der Waals surface area contributed by atoms with Crippen molar-refractivity contribution in [2.24, 2.45) is 5.92 Å². The van der Waals surface area contributed by atoms with Crippen molar-refractivity contribution in [3.8, 4) is 0 Å². The fourth-order valence-electron chi connectivity index (χ4n) is 3.08. The van der Waals surface area contributed by atoms with Crippen molar-refractivity contribution in [1.29, 1.82) is 0 Å². The number of carbonyl (C=O) groups excluding carboxylic acids is 1. The molecule has 1 N–H and O–H groups in total. The van der Waals surface area contributed by atoms with E-state index in [0.29, 0.717) is 19.6 Å². The van der Waals surface area contributed by atoms with Gasteiger partial charge in [0.05, 0.1) is 18.6 Å². The van der Waals surface area contributed by atoms with Crippen LogP contribution in [0.3, 0.4) is 0 Å². The third-order valence-corrected chi connectivity index (χ3v) is 4.51. The molecule has 2 heterocycles. The van der Waals surface area contributed by atoms with Crippen LogP contribution in [-0.4, -0.2) is 59.9 Å². The lowest BCUT2D eigenvalue weighted by molar-refractivity contribution is -0.148. The minimum absolute atomic E-state index is 0.0803. The van der Waals surface area contributed by atoms with E-state index in [1.54, 1.807) is 18.7 Å². The SMILES string of the molecule is CC(OCC1CCCCO1)C(=O)N1CCC(C(=O)O)C1C. The molecule has 0 saturated carbocycles. The molecule has 4 atom stereocenters. The third kappa shape index (κ3) is 3.95. The van der Waals surface area contributed by atoms with Gasteiger partial charge in [0.2, 0.25) is 0 Å². The van der Waals surface area contributed by atoms with Crippen LogP contribution in [0.5, 0.6) is 0 Å². The highest BCUT2D eigenvalue weighted by Gasteiger charge is 2.39. The molecule has 0 aromatic carbocycles. The minimum atomic E-state index is -0.832. The summed E-state index contributed by atoms with van der Waals surface area (Å²) in [6.45, 7) is 5.20. The number of hydrogen-bond donors (Lipinski definition) is 1. The topological polar surface area (TPSA) is 76.1 Å². The zero-order valence-corrected chi connectivity index (χ0v) is 12.8. The molecule has 6 heteroatoms. The van der Waals surface area contributed by atoms with Gasteiger partial charge < -0.3 is 19.5 Å². The molecule has 0 spiro atoms. The van der Waals surface area contributed by atoms with Gasteiger partial charge in [-0.2, -0.15) is 0 Å². The average Bonchev–Trinajstić information content (AvgIpc) is 2.87. The van der Waals surface area contributed by atoms with Crippen LogP contribution in [0.4, 0.5) is 0 Å². The largest absolute Gasteiger partial charge is 0.481 e. The van der Waals surface area contributed by atoms with E-state index in [9.17, 15) is 9.59 Å². The van der Waals surface area contributed by atoms with Crippen LogP contribution in [0.25, 0.3) is 0 Å². The van der Waals surface area contributed by atoms with Crippen LogP contribution >= 0.6 is 0 Å². The van der Waals surface area contributed by atoms with E-state index in [1.165, 1.54) is 0 Å². The second-order valence-electron chi connectivity index (χ2n) is 5.97. The standard InChI is InChI=1S/C15H25NO5/c1-10-13(15(18)19)6-7-16(10)14(17)11(2)21-9-12-5-3-4-8-20-12/h10-13H,3-9H2,1-2H3,(H,18,19). The third-order valence-electron chi connectivity index (χ3n) is 4.51. The van der Waals surface area contributed by atoms with Crippen molar-refractivity contribution < 1.29 is 24.2 Å². The normalized spacial score (nSPS) is 31.1. The van der Waals surface area contributed by atoms with Gasteiger partial charge in [0.25, 0.3) is 5.91 Å². The van der Waals surface area contributed by atoms with Gasteiger partial charge in [0.15, 0.2) is 0 Å². The molecule has 2 rings (SSSR count). The highest BCUT2D eigenvalue weighted by molar-refractivity contribution is 5.82. The summed E-state index contributed by atoms with van der Waals surface area (Å²) in [5.41, 5.74) is 0. The van der Waals surface area contributed by atoms with E-state index in [-0.39, 0.29) is 18.1 Å². The highest BCUT2D eigenvalue weighted by atomic mass is 16.5. The molecule has 0 aliphatic carbocycles. The summed E-state index contributed by atoms with van der Waals surface area (Å²) in [6.07, 6.45) is 3.25. The molecule has 1 amide bonds. The van der Waals surface area contributed by atoms with Crippen LogP contribution in [0.2, 0.25) is 0 Å². The smallest absolute Gasteiger partial charge is 0.308 e. The average molecular weight is 299 g/mol. The number of carboxylic acid groups (broad SMARTS) is 1. The first-order valence-electron chi connectivity index (χ1n) is 7.77. The Morgan fingerprint density at radius 3 is 2.71 bits per heavy atom. The van der Waals surface area contributed by atoms with Crippen LogP contribution in [-0.2, 0) is 19.1 Å². The maximum absolute atomic E-state index is 12.4. The second-order valence-corrected chi connectivity index (χ2v) is 5.97.